The molecule has 8 nitrogen and oxygen atoms in total. The van der Waals surface area contributed by atoms with Crippen molar-refractivity contribution in [1.29, 1.82) is 0 Å². The number of hydrogen-bond donors (Lipinski definition) is 1. The SMILES string of the molecule is C=C(NCc1ccc(F)cc1)N1CCN(c2ncnc3c2C=C(c2cnc(OC)nc2)C3)CC1. The molecule has 1 N–H and O–H groups in total. The highest BCUT2D eigenvalue weighted by Gasteiger charge is 2.25. The number of hydrogen-bond acceptors (Lipinski definition) is 8. The first-order valence-corrected chi connectivity index (χ1v) is 11.2. The Hall–Kier alpha value is -4.01. The van der Waals surface area contributed by atoms with Crippen LogP contribution in [0.3, 0.4) is 0 Å². The standard InChI is InChI=1S/C25H26FN7O/c1-17(27-13-18-3-5-21(26)6-4-18)32-7-9-33(10-8-32)24-22-11-19(12-23(22)30-16-31-24)20-14-28-25(34-2)29-15-20/h3-6,11,14-16,27H,1,7-10,12-13H2,2H3. The quantitative estimate of drug-likeness (QED) is 0.578. The van der Waals surface area contributed by atoms with Gasteiger partial charge in [0.05, 0.1) is 18.6 Å². The van der Waals surface area contributed by atoms with Crippen molar-refractivity contribution in [2.24, 2.45) is 0 Å². The summed E-state index contributed by atoms with van der Waals surface area (Å²) in [4.78, 5) is 22.1. The summed E-state index contributed by atoms with van der Waals surface area (Å²) in [6, 6.07) is 6.86. The Morgan fingerprint density at radius 2 is 1.79 bits per heavy atom. The second-order valence-electron chi connectivity index (χ2n) is 8.26. The number of methoxy groups -OCH3 is 1. The summed E-state index contributed by atoms with van der Waals surface area (Å²) in [5.41, 5.74) is 5.18. The summed E-state index contributed by atoms with van der Waals surface area (Å²) < 4.78 is 18.2. The Morgan fingerprint density at radius 3 is 2.50 bits per heavy atom. The largest absolute Gasteiger partial charge is 0.467 e. The lowest BCUT2D eigenvalue weighted by molar-refractivity contribution is 0.300. The van der Waals surface area contributed by atoms with E-state index in [9.17, 15) is 4.39 Å². The van der Waals surface area contributed by atoms with Crippen molar-refractivity contribution in [2.75, 3.05) is 38.2 Å². The van der Waals surface area contributed by atoms with Gasteiger partial charge in [-0.3, -0.25) is 0 Å². The van der Waals surface area contributed by atoms with Gasteiger partial charge in [0.15, 0.2) is 0 Å². The molecule has 1 aliphatic heterocycles. The first-order chi connectivity index (χ1) is 16.6. The van der Waals surface area contributed by atoms with Gasteiger partial charge >= 0.3 is 6.01 Å². The molecule has 2 aliphatic rings. The van der Waals surface area contributed by atoms with Crippen molar-refractivity contribution in [1.82, 2.24) is 30.2 Å². The fourth-order valence-corrected chi connectivity index (χ4v) is 4.25. The summed E-state index contributed by atoms with van der Waals surface area (Å²) in [6.07, 6.45) is 8.07. The van der Waals surface area contributed by atoms with E-state index in [1.807, 2.05) is 0 Å². The van der Waals surface area contributed by atoms with Crippen molar-refractivity contribution in [3.63, 3.8) is 0 Å². The van der Waals surface area contributed by atoms with Gasteiger partial charge in [0.1, 0.15) is 18.0 Å². The smallest absolute Gasteiger partial charge is 0.316 e. The Bertz CT molecular complexity index is 1200. The number of aromatic nitrogens is 4. The van der Waals surface area contributed by atoms with Crippen LogP contribution in [-0.4, -0.2) is 58.1 Å². The molecule has 1 saturated heterocycles. The van der Waals surface area contributed by atoms with E-state index in [0.717, 1.165) is 72.2 Å². The van der Waals surface area contributed by atoms with E-state index in [4.69, 9.17) is 4.74 Å². The predicted molar refractivity (Wildman–Crippen MR) is 128 cm³/mol. The highest BCUT2D eigenvalue weighted by molar-refractivity contribution is 5.90. The van der Waals surface area contributed by atoms with Crippen LogP contribution >= 0.6 is 0 Å². The van der Waals surface area contributed by atoms with E-state index in [1.165, 1.54) is 12.1 Å². The molecule has 34 heavy (non-hydrogen) atoms. The molecular weight excluding hydrogens is 433 g/mol. The summed E-state index contributed by atoms with van der Waals surface area (Å²) in [6.45, 7) is 8.12. The second-order valence-corrected chi connectivity index (χ2v) is 8.26. The molecule has 0 unspecified atom stereocenters. The van der Waals surface area contributed by atoms with Crippen LogP contribution in [0.4, 0.5) is 10.2 Å². The Kier molecular flexibility index (Phi) is 6.07. The van der Waals surface area contributed by atoms with Crippen molar-refractivity contribution in [3.8, 4) is 6.01 Å². The van der Waals surface area contributed by atoms with E-state index in [-0.39, 0.29) is 5.82 Å². The zero-order valence-corrected chi connectivity index (χ0v) is 19.0. The number of nitrogens with zero attached hydrogens (tertiary/aromatic N) is 6. The molecule has 174 valence electrons. The molecule has 2 aromatic heterocycles. The Labute approximate surface area is 197 Å². The number of benzene rings is 1. The van der Waals surface area contributed by atoms with Gasteiger partial charge < -0.3 is 19.9 Å². The lowest BCUT2D eigenvalue weighted by atomic mass is 10.1. The number of allylic oxidation sites excluding steroid dienone is 1. The van der Waals surface area contributed by atoms with Crippen molar-refractivity contribution < 1.29 is 9.13 Å². The summed E-state index contributed by atoms with van der Waals surface area (Å²) >= 11 is 0. The molecule has 9 heteroatoms. The number of fused-ring (bicyclic) bond motifs is 1. The van der Waals surface area contributed by atoms with Crippen LogP contribution in [0.25, 0.3) is 11.6 Å². The highest BCUT2D eigenvalue weighted by atomic mass is 19.1. The lowest BCUT2D eigenvalue weighted by Crippen LogP contribution is -2.48. The minimum Gasteiger partial charge on any atom is -0.467 e. The van der Waals surface area contributed by atoms with Crippen LogP contribution in [0.1, 0.15) is 22.4 Å². The van der Waals surface area contributed by atoms with Gasteiger partial charge in [0.25, 0.3) is 0 Å². The van der Waals surface area contributed by atoms with Gasteiger partial charge in [-0.25, -0.2) is 24.3 Å². The third kappa shape index (κ3) is 4.54. The molecule has 0 bridgehead atoms. The zero-order chi connectivity index (χ0) is 23.5. The van der Waals surface area contributed by atoms with Crippen molar-refractivity contribution in [2.45, 2.75) is 13.0 Å². The van der Waals surface area contributed by atoms with E-state index >= 15 is 0 Å². The normalized spacial score (nSPS) is 15.1. The van der Waals surface area contributed by atoms with Crippen LogP contribution < -0.4 is 15.0 Å². The van der Waals surface area contributed by atoms with E-state index < -0.39 is 0 Å². The number of piperazine rings is 1. The van der Waals surface area contributed by atoms with Gasteiger partial charge in [0.2, 0.25) is 0 Å². The van der Waals surface area contributed by atoms with E-state index in [1.54, 1.807) is 38.0 Å². The molecule has 0 atom stereocenters. The summed E-state index contributed by atoms with van der Waals surface area (Å²) in [5.74, 6) is 1.60. The molecule has 1 aliphatic carbocycles. The second kappa shape index (κ2) is 9.46. The van der Waals surface area contributed by atoms with Gasteiger partial charge in [-0.05, 0) is 29.3 Å². The number of ether oxygens (including phenoxy) is 1. The first-order valence-electron chi connectivity index (χ1n) is 11.2. The zero-order valence-electron chi connectivity index (χ0n) is 19.0. The average Bonchev–Trinajstić information content (AvgIpc) is 3.33. The van der Waals surface area contributed by atoms with Crippen LogP contribution in [0.2, 0.25) is 0 Å². The van der Waals surface area contributed by atoms with Crippen LogP contribution in [-0.2, 0) is 13.0 Å². The maximum absolute atomic E-state index is 13.1. The molecule has 0 amide bonds. The third-order valence-corrected chi connectivity index (χ3v) is 6.17. The highest BCUT2D eigenvalue weighted by Crippen LogP contribution is 2.35. The minimum absolute atomic E-state index is 0.228. The van der Waals surface area contributed by atoms with Crippen LogP contribution in [0, 0.1) is 5.82 Å². The average molecular weight is 460 g/mol. The molecule has 0 spiro atoms. The lowest BCUT2D eigenvalue weighted by Gasteiger charge is -2.38. The van der Waals surface area contributed by atoms with Crippen molar-refractivity contribution >= 4 is 17.5 Å². The Morgan fingerprint density at radius 1 is 1.06 bits per heavy atom. The summed E-state index contributed by atoms with van der Waals surface area (Å²) in [5, 5.41) is 3.35. The van der Waals surface area contributed by atoms with E-state index in [0.29, 0.717) is 12.6 Å². The molecule has 5 rings (SSSR count). The molecule has 3 heterocycles. The molecule has 1 aromatic carbocycles. The number of nitrogens with one attached hydrogen (secondary N) is 1. The van der Waals surface area contributed by atoms with Crippen LogP contribution in [0.5, 0.6) is 6.01 Å². The third-order valence-electron chi connectivity index (χ3n) is 6.17. The monoisotopic (exact) mass is 459 g/mol. The van der Waals surface area contributed by atoms with Crippen LogP contribution in [0.15, 0.2) is 55.4 Å². The fourth-order valence-electron chi connectivity index (χ4n) is 4.25. The topological polar surface area (TPSA) is 79.3 Å². The van der Waals surface area contributed by atoms with Gasteiger partial charge in [0, 0.05) is 62.7 Å². The minimum atomic E-state index is -0.228. The predicted octanol–water partition coefficient (Wildman–Crippen LogP) is 2.89. The van der Waals surface area contributed by atoms with E-state index in [2.05, 4.69) is 47.7 Å². The number of anilines is 1. The maximum Gasteiger partial charge on any atom is 0.316 e. The summed E-state index contributed by atoms with van der Waals surface area (Å²) in [7, 11) is 1.55. The molecule has 1 fully saturated rings. The molecule has 0 radical (unpaired) electrons. The van der Waals surface area contributed by atoms with Gasteiger partial charge in [-0.1, -0.05) is 18.7 Å². The fraction of sp³-hybridized carbons (Fsp3) is 0.280. The molecular formula is C25H26FN7O. The Balaban J connectivity index is 1.22. The molecule has 0 saturated carbocycles. The maximum atomic E-state index is 13.1. The molecule has 3 aromatic rings. The van der Waals surface area contributed by atoms with Crippen molar-refractivity contribution in [3.05, 3.63) is 83.6 Å². The first kappa shape index (κ1) is 21.8. The van der Waals surface area contributed by atoms with Gasteiger partial charge in [-0.2, -0.15) is 0 Å². The number of halogens is 1. The van der Waals surface area contributed by atoms with Gasteiger partial charge in [-0.15, -0.1) is 0 Å². The number of rotatable bonds is 7.